The first-order chi connectivity index (χ1) is 12.3. The number of methoxy groups -OCH3 is 1. The van der Waals surface area contributed by atoms with Gasteiger partial charge in [-0.25, -0.2) is 4.79 Å². The van der Waals surface area contributed by atoms with Crippen LogP contribution in [-0.4, -0.2) is 62.9 Å². The molecule has 26 heavy (non-hydrogen) atoms. The fourth-order valence-corrected chi connectivity index (χ4v) is 2.64. The number of anilines is 1. The fraction of sp³-hybridized carbons (Fsp3) is 0.562. The van der Waals surface area contributed by atoms with Crippen molar-refractivity contribution in [2.75, 3.05) is 19.5 Å². The molecule has 1 aromatic heterocycles. The highest BCUT2D eigenvalue weighted by Gasteiger charge is 2.43. The number of nitrogens with two attached hydrogens (primary N) is 1. The molecular formula is C16H23N3O7. The van der Waals surface area contributed by atoms with E-state index in [0.717, 1.165) is 10.1 Å². The predicted octanol–water partition coefficient (Wildman–Crippen LogP) is -1.21. The molecule has 2 heterocycles. The van der Waals surface area contributed by atoms with E-state index in [-0.39, 0.29) is 18.2 Å². The van der Waals surface area contributed by atoms with E-state index in [1.807, 2.05) is 0 Å². The number of hydrogen-bond donors (Lipinski definition) is 4. The Morgan fingerprint density at radius 3 is 2.69 bits per heavy atom. The third-order valence-electron chi connectivity index (χ3n) is 4.16. The van der Waals surface area contributed by atoms with Crippen molar-refractivity contribution in [2.24, 2.45) is 0 Å². The van der Waals surface area contributed by atoms with Crippen LogP contribution in [-0.2, 0) is 14.3 Å². The number of aliphatic hydroxyl groups is 3. The van der Waals surface area contributed by atoms with Crippen molar-refractivity contribution >= 4 is 17.9 Å². The number of hydrogen-bond acceptors (Lipinski definition) is 9. The van der Waals surface area contributed by atoms with Gasteiger partial charge in [-0.2, -0.15) is 4.98 Å². The Morgan fingerprint density at radius 1 is 1.42 bits per heavy atom. The van der Waals surface area contributed by atoms with Crippen LogP contribution < -0.4 is 11.4 Å². The third-order valence-corrected chi connectivity index (χ3v) is 4.16. The average Bonchev–Trinajstić information content (AvgIpc) is 2.90. The molecule has 0 bridgehead atoms. The molecule has 144 valence electrons. The van der Waals surface area contributed by atoms with Crippen molar-refractivity contribution in [3.63, 3.8) is 0 Å². The second-order valence-corrected chi connectivity index (χ2v) is 6.07. The van der Waals surface area contributed by atoms with Crippen LogP contribution in [0.3, 0.4) is 0 Å². The zero-order valence-corrected chi connectivity index (χ0v) is 14.5. The van der Waals surface area contributed by atoms with Crippen LogP contribution in [0.5, 0.6) is 0 Å². The summed E-state index contributed by atoms with van der Waals surface area (Å²) in [6, 6.07) is 0. The summed E-state index contributed by atoms with van der Waals surface area (Å²) in [6.07, 6.45) is -1.33. The predicted molar refractivity (Wildman–Crippen MR) is 90.8 cm³/mol. The normalized spacial score (nSPS) is 26.1. The van der Waals surface area contributed by atoms with Gasteiger partial charge in [0.2, 0.25) is 0 Å². The number of nitrogen functional groups attached to an aromatic ring is 1. The monoisotopic (exact) mass is 369 g/mol. The van der Waals surface area contributed by atoms with Gasteiger partial charge in [0.05, 0.1) is 13.7 Å². The Kier molecular flexibility index (Phi) is 6.48. The molecule has 1 aliphatic rings. The van der Waals surface area contributed by atoms with E-state index >= 15 is 0 Å². The van der Waals surface area contributed by atoms with E-state index in [0.29, 0.717) is 12.0 Å². The smallest absolute Gasteiger partial charge is 0.351 e. The largest absolute Gasteiger partial charge is 0.469 e. The van der Waals surface area contributed by atoms with Crippen molar-refractivity contribution in [2.45, 2.75) is 44.3 Å². The lowest BCUT2D eigenvalue weighted by Gasteiger charge is -2.18. The van der Waals surface area contributed by atoms with Gasteiger partial charge in [-0.3, -0.25) is 9.36 Å². The van der Waals surface area contributed by atoms with Crippen molar-refractivity contribution < 1.29 is 29.6 Å². The molecule has 0 radical (unpaired) electrons. The molecule has 10 nitrogen and oxygen atoms in total. The number of rotatable bonds is 6. The number of carbonyl (C=O) groups is 1. The van der Waals surface area contributed by atoms with Gasteiger partial charge >= 0.3 is 11.7 Å². The number of ether oxygens (including phenoxy) is 2. The summed E-state index contributed by atoms with van der Waals surface area (Å²) >= 11 is 0. The summed E-state index contributed by atoms with van der Waals surface area (Å²) in [6.45, 7) is 1.27. The summed E-state index contributed by atoms with van der Waals surface area (Å²) in [4.78, 5) is 27.0. The summed E-state index contributed by atoms with van der Waals surface area (Å²) in [5.74, 6) is -0.365. The highest BCUT2D eigenvalue weighted by Crippen LogP contribution is 2.28. The quantitative estimate of drug-likeness (QED) is 0.452. The molecule has 0 aliphatic carbocycles. The van der Waals surface area contributed by atoms with Gasteiger partial charge in [-0.05, 0) is 13.3 Å². The number of esters is 1. The Hall–Kier alpha value is -2.27. The van der Waals surface area contributed by atoms with Crippen LogP contribution in [0.25, 0.3) is 6.08 Å². The van der Waals surface area contributed by atoms with E-state index in [1.54, 1.807) is 13.0 Å². The Labute approximate surface area is 149 Å². The van der Waals surface area contributed by atoms with Gasteiger partial charge in [0.15, 0.2) is 6.23 Å². The van der Waals surface area contributed by atoms with Crippen molar-refractivity contribution in [1.29, 1.82) is 0 Å². The molecule has 5 N–H and O–H groups in total. The number of carbonyl (C=O) groups excluding carboxylic acids is 1. The lowest BCUT2D eigenvalue weighted by molar-refractivity contribution is -0.140. The Bertz CT molecular complexity index is 746. The number of allylic oxidation sites excluding steroid dienone is 1. The molecular weight excluding hydrogens is 346 g/mol. The summed E-state index contributed by atoms with van der Waals surface area (Å²) in [5.41, 5.74) is 6.21. The second-order valence-electron chi connectivity index (χ2n) is 6.07. The fourth-order valence-electron chi connectivity index (χ4n) is 2.64. The van der Waals surface area contributed by atoms with Crippen LogP contribution in [0.1, 0.15) is 31.6 Å². The van der Waals surface area contributed by atoms with Gasteiger partial charge in [0.1, 0.15) is 24.1 Å². The topological polar surface area (TPSA) is 157 Å². The maximum Gasteiger partial charge on any atom is 0.351 e. The highest BCUT2D eigenvalue weighted by molar-refractivity contribution is 5.70. The van der Waals surface area contributed by atoms with Crippen LogP contribution in [0.2, 0.25) is 0 Å². The summed E-state index contributed by atoms with van der Waals surface area (Å²) in [5, 5.41) is 29.1. The van der Waals surface area contributed by atoms with Crippen LogP contribution >= 0.6 is 0 Å². The minimum Gasteiger partial charge on any atom is -0.469 e. The van der Waals surface area contributed by atoms with Gasteiger partial charge < -0.3 is 30.5 Å². The molecule has 0 spiro atoms. The molecule has 0 aromatic carbocycles. The van der Waals surface area contributed by atoms with Gasteiger partial charge in [0, 0.05) is 18.2 Å². The van der Waals surface area contributed by atoms with Gasteiger partial charge in [0.25, 0.3) is 0 Å². The first-order valence-corrected chi connectivity index (χ1v) is 8.03. The molecule has 10 heteroatoms. The maximum absolute atomic E-state index is 12.1. The average molecular weight is 369 g/mol. The van der Waals surface area contributed by atoms with Crippen molar-refractivity contribution in [1.82, 2.24) is 9.55 Å². The minimum atomic E-state index is -1.41. The lowest BCUT2D eigenvalue weighted by atomic mass is 10.1. The molecule has 1 aromatic rings. The first kappa shape index (κ1) is 20.0. The maximum atomic E-state index is 12.1. The van der Waals surface area contributed by atoms with Gasteiger partial charge in [-0.15, -0.1) is 0 Å². The summed E-state index contributed by atoms with van der Waals surface area (Å²) in [7, 11) is 1.31. The van der Waals surface area contributed by atoms with Gasteiger partial charge in [-0.1, -0.05) is 11.6 Å². The molecule has 2 rings (SSSR count). The van der Waals surface area contributed by atoms with Crippen molar-refractivity contribution in [3.8, 4) is 0 Å². The Morgan fingerprint density at radius 2 is 2.12 bits per heavy atom. The Balaban J connectivity index is 2.29. The lowest BCUT2D eigenvalue weighted by Crippen LogP contribution is -2.36. The third kappa shape index (κ3) is 4.28. The van der Waals surface area contributed by atoms with Crippen LogP contribution in [0.4, 0.5) is 5.82 Å². The van der Waals surface area contributed by atoms with Crippen molar-refractivity contribution in [3.05, 3.63) is 27.8 Å². The zero-order chi connectivity index (χ0) is 19.4. The number of nitrogens with zero attached hydrogens (tertiary/aromatic N) is 2. The molecule has 0 amide bonds. The number of aliphatic hydroxyl groups excluding tert-OH is 3. The SMILES string of the molecule is COC(=O)CC/C(C)=C/c1cn([C@@H]2O[C@H](CO)[C@@H](O)[C@@H]2O)c(=O)nc1N. The second kappa shape index (κ2) is 8.41. The van der Waals surface area contributed by atoms with E-state index in [9.17, 15) is 19.8 Å². The first-order valence-electron chi connectivity index (χ1n) is 8.03. The molecule has 1 saturated heterocycles. The zero-order valence-electron chi connectivity index (χ0n) is 14.5. The standard InChI is InChI=1S/C16H23N3O7/c1-8(3-4-11(21)25-2)5-9-6-19(16(24)18-14(9)17)15-13(23)12(22)10(7-20)26-15/h5-6,10,12-13,15,20,22-23H,3-4,7H2,1-2H3,(H2,17,18,24)/b8-5+/t10-,12-,13+,15-/m1/s1. The molecule has 4 atom stereocenters. The van der Waals surface area contributed by atoms with E-state index in [4.69, 9.17) is 15.6 Å². The highest BCUT2D eigenvalue weighted by atomic mass is 16.6. The van der Waals surface area contributed by atoms with E-state index in [2.05, 4.69) is 9.72 Å². The summed E-state index contributed by atoms with van der Waals surface area (Å²) < 4.78 is 10.9. The van der Waals surface area contributed by atoms with Crippen LogP contribution in [0.15, 0.2) is 16.6 Å². The minimum absolute atomic E-state index is 0.0181. The molecule has 0 unspecified atom stereocenters. The van der Waals surface area contributed by atoms with Crippen LogP contribution in [0, 0.1) is 0 Å². The molecule has 1 aliphatic heterocycles. The number of aromatic nitrogens is 2. The van der Waals surface area contributed by atoms with E-state index < -0.39 is 36.8 Å². The molecule has 0 saturated carbocycles. The van der Waals surface area contributed by atoms with E-state index in [1.165, 1.54) is 13.3 Å². The molecule has 1 fully saturated rings.